The summed E-state index contributed by atoms with van der Waals surface area (Å²) in [7, 11) is 0. The molecule has 1 aromatic heterocycles. The summed E-state index contributed by atoms with van der Waals surface area (Å²) in [6.07, 6.45) is 2.80. The lowest BCUT2D eigenvalue weighted by Gasteiger charge is -2.19. The van der Waals surface area contributed by atoms with Crippen molar-refractivity contribution in [3.8, 4) is 0 Å². The van der Waals surface area contributed by atoms with Crippen molar-refractivity contribution in [1.82, 2.24) is 4.98 Å². The zero-order valence-electron chi connectivity index (χ0n) is 14.7. The van der Waals surface area contributed by atoms with Crippen LogP contribution in [-0.2, 0) is 14.3 Å². The SMILES string of the molecule is O=C(Nc1ccc(N2C(=O)C3[C@H]4CC[C@H](O4)[C@H]3C2=O)c(Cl)c1)c1ccccn1. The van der Waals surface area contributed by atoms with Gasteiger partial charge in [-0.15, -0.1) is 0 Å². The molecule has 4 heterocycles. The van der Waals surface area contributed by atoms with Crippen LogP contribution in [0.25, 0.3) is 0 Å². The zero-order valence-corrected chi connectivity index (χ0v) is 15.4. The third-order valence-corrected chi connectivity index (χ3v) is 5.93. The van der Waals surface area contributed by atoms with Gasteiger partial charge >= 0.3 is 0 Å². The number of benzene rings is 1. The van der Waals surface area contributed by atoms with E-state index >= 15 is 0 Å². The highest BCUT2D eigenvalue weighted by molar-refractivity contribution is 6.36. The molecule has 142 valence electrons. The van der Waals surface area contributed by atoms with Gasteiger partial charge in [0.15, 0.2) is 0 Å². The van der Waals surface area contributed by atoms with Crippen LogP contribution in [0, 0.1) is 11.8 Å². The number of amides is 3. The number of pyridine rings is 1. The number of carbonyl (C=O) groups is 3. The van der Waals surface area contributed by atoms with Crippen molar-refractivity contribution in [2.45, 2.75) is 25.0 Å². The molecule has 3 fully saturated rings. The number of hydrogen-bond acceptors (Lipinski definition) is 5. The standard InChI is InChI=1S/C20H16ClN3O4/c21-11-9-10(23-18(25)12-3-1-2-8-22-12)4-5-13(11)24-19(26)16-14-6-7-15(28-14)17(16)20(24)27/h1-5,8-9,14-17H,6-7H2,(H,23,25)/t14-,15+,16+,17?/m0/s1. The predicted octanol–water partition coefficient (Wildman–Crippen LogP) is 2.65. The molecule has 3 aliphatic heterocycles. The lowest BCUT2D eigenvalue weighted by atomic mass is 9.81. The first-order valence-electron chi connectivity index (χ1n) is 9.10. The Morgan fingerprint density at radius 2 is 1.82 bits per heavy atom. The summed E-state index contributed by atoms with van der Waals surface area (Å²) in [5.74, 6) is -1.71. The van der Waals surface area contributed by atoms with Gasteiger partial charge in [-0.1, -0.05) is 17.7 Å². The van der Waals surface area contributed by atoms with Crippen molar-refractivity contribution in [2.24, 2.45) is 11.8 Å². The number of fused-ring (bicyclic) bond motifs is 5. The smallest absolute Gasteiger partial charge is 0.274 e. The molecule has 28 heavy (non-hydrogen) atoms. The second kappa shape index (κ2) is 6.39. The highest BCUT2D eigenvalue weighted by atomic mass is 35.5. The van der Waals surface area contributed by atoms with Crippen molar-refractivity contribution >= 4 is 40.7 Å². The topological polar surface area (TPSA) is 88.6 Å². The average molecular weight is 398 g/mol. The van der Waals surface area contributed by atoms with E-state index < -0.39 is 11.8 Å². The molecule has 1 N–H and O–H groups in total. The Kier molecular flexibility index (Phi) is 3.96. The first-order chi connectivity index (χ1) is 13.5. The molecule has 3 amide bonds. The molecule has 0 radical (unpaired) electrons. The third kappa shape index (κ3) is 2.54. The van der Waals surface area contributed by atoms with Crippen LogP contribution < -0.4 is 10.2 Å². The van der Waals surface area contributed by atoms with E-state index in [-0.39, 0.29) is 40.6 Å². The fourth-order valence-electron chi connectivity index (χ4n) is 4.41. The molecular formula is C20H16ClN3O4. The molecule has 3 saturated heterocycles. The van der Waals surface area contributed by atoms with Crippen LogP contribution in [-0.4, -0.2) is 34.9 Å². The van der Waals surface area contributed by atoms with Gasteiger partial charge in [0.2, 0.25) is 11.8 Å². The van der Waals surface area contributed by atoms with Gasteiger partial charge in [-0.2, -0.15) is 0 Å². The van der Waals surface area contributed by atoms with Crippen LogP contribution >= 0.6 is 11.6 Å². The van der Waals surface area contributed by atoms with Crippen molar-refractivity contribution in [3.05, 3.63) is 53.3 Å². The second-order valence-corrected chi connectivity index (χ2v) is 7.60. The minimum absolute atomic E-state index is 0.174. The first-order valence-corrected chi connectivity index (χ1v) is 9.47. The molecular weight excluding hydrogens is 382 g/mol. The Labute approximate surface area is 165 Å². The Morgan fingerprint density at radius 1 is 1.11 bits per heavy atom. The normalized spacial score (nSPS) is 28.0. The van der Waals surface area contributed by atoms with Crippen molar-refractivity contribution in [2.75, 3.05) is 10.2 Å². The van der Waals surface area contributed by atoms with Gasteiger partial charge < -0.3 is 10.1 Å². The number of carbonyl (C=O) groups excluding carboxylic acids is 3. The molecule has 0 saturated carbocycles. The van der Waals surface area contributed by atoms with E-state index in [4.69, 9.17) is 16.3 Å². The zero-order chi connectivity index (χ0) is 19.4. The lowest BCUT2D eigenvalue weighted by molar-refractivity contribution is -0.124. The summed E-state index contributed by atoms with van der Waals surface area (Å²) in [6.45, 7) is 0. The molecule has 1 unspecified atom stereocenters. The second-order valence-electron chi connectivity index (χ2n) is 7.19. The van der Waals surface area contributed by atoms with E-state index in [2.05, 4.69) is 10.3 Å². The van der Waals surface area contributed by atoms with Gasteiger partial charge in [-0.3, -0.25) is 19.4 Å². The van der Waals surface area contributed by atoms with Crippen molar-refractivity contribution < 1.29 is 19.1 Å². The average Bonchev–Trinajstić information content (AvgIpc) is 3.37. The van der Waals surface area contributed by atoms with Gasteiger partial charge in [0, 0.05) is 11.9 Å². The highest BCUT2D eigenvalue weighted by Gasteiger charge is 2.62. The van der Waals surface area contributed by atoms with Crippen LogP contribution in [0.3, 0.4) is 0 Å². The Bertz CT molecular complexity index is 968. The number of imide groups is 1. The monoisotopic (exact) mass is 397 g/mol. The van der Waals surface area contributed by atoms with Crippen LogP contribution in [0.5, 0.6) is 0 Å². The third-order valence-electron chi connectivity index (χ3n) is 5.63. The van der Waals surface area contributed by atoms with E-state index in [1.807, 2.05) is 0 Å². The lowest BCUT2D eigenvalue weighted by Crippen LogP contribution is -2.34. The molecule has 8 heteroatoms. The molecule has 5 rings (SSSR count). The van der Waals surface area contributed by atoms with Gasteiger partial charge in [-0.25, -0.2) is 4.90 Å². The molecule has 7 nitrogen and oxygen atoms in total. The Hall–Kier alpha value is -2.77. The maximum Gasteiger partial charge on any atom is 0.274 e. The van der Waals surface area contributed by atoms with Gasteiger partial charge in [0.25, 0.3) is 5.91 Å². The number of rotatable bonds is 3. The minimum Gasteiger partial charge on any atom is -0.373 e. The van der Waals surface area contributed by atoms with Crippen LogP contribution in [0.4, 0.5) is 11.4 Å². The number of anilines is 2. The van der Waals surface area contributed by atoms with Crippen molar-refractivity contribution in [1.29, 1.82) is 0 Å². The van der Waals surface area contributed by atoms with Crippen LogP contribution in [0.15, 0.2) is 42.6 Å². The number of hydrogen-bond donors (Lipinski definition) is 1. The van der Waals surface area contributed by atoms with Crippen LogP contribution in [0.1, 0.15) is 23.3 Å². The molecule has 0 spiro atoms. The summed E-state index contributed by atoms with van der Waals surface area (Å²) in [6, 6.07) is 9.76. The number of ether oxygens (including phenoxy) is 1. The van der Waals surface area contributed by atoms with Gasteiger partial charge in [0.05, 0.1) is 34.8 Å². The molecule has 2 aromatic rings. The van der Waals surface area contributed by atoms with Gasteiger partial charge in [-0.05, 0) is 43.2 Å². The largest absolute Gasteiger partial charge is 0.373 e. The molecule has 1 aromatic carbocycles. The minimum atomic E-state index is -0.411. The number of aromatic nitrogens is 1. The predicted molar refractivity (Wildman–Crippen MR) is 101 cm³/mol. The highest BCUT2D eigenvalue weighted by Crippen LogP contribution is 2.50. The molecule has 0 aliphatic carbocycles. The summed E-state index contributed by atoms with van der Waals surface area (Å²) >= 11 is 6.37. The maximum atomic E-state index is 12.9. The summed E-state index contributed by atoms with van der Waals surface area (Å²) in [4.78, 5) is 43.2. The maximum absolute atomic E-state index is 12.9. The van der Waals surface area contributed by atoms with E-state index in [0.717, 1.165) is 12.8 Å². The van der Waals surface area contributed by atoms with Gasteiger partial charge in [0.1, 0.15) is 5.69 Å². The number of nitrogens with one attached hydrogen (secondary N) is 1. The van der Waals surface area contributed by atoms with E-state index in [1.165, 1.54) is 17.2 Å². The van der Waals surface area contributed by atoms with Crippen molar-refractivity contribution in [3.63, 3.8) is 0 Å². The quantitative estimate of drug-likeness (QED) is 0.804. The number of nitrogens with zero attached hydrogens (tertiary/aromatic N) is 2. The summed E-state index contributed by atoms with van der Waals surface area (Å²) < 4.78 is 5.74. The fraction of sp³-hybridized carbons (Fsp3) is 0.300. The van der Waals surface area contributed by atoms with E-state index in [1.54, 1.807) is 30.3 Å². The Balaban J connectivity index is 1.39. The number of halogens is 1. The summed E-state index contributed by atoms with van der Waals surface area (Å²) in [5.41, 5.74) is 1.06. The molecule has 4 atom stereocenters. The van der Waals surface area contributed by atoms with Crippen LogP contribution in [0.2, 0.25) is 5.02 Å². The first kappa shape index (κ1) is 17.3. The Morgan fingerprint density at radius 3 is 2.43 bits per heavy atom. The van der Waals surface area contributed by atoms with E-state index in [0.29, 0.717) is 11.4 Å². The fourth-order valence-corrected chi connectivity index (χ4v) is 4.67. The summed E-state index contributed by atoms with van der Waals surface area (Å²) in [5, 5.41) is 2.93. The van der Waals surface area contributed by atoms with E-state index in [9.17, 15) is 14.4 Å². The molecule has 2 bridgehead atoms. The molecule has 3 aliphatic rings.